The second-order valence-corrected chi connectivity index (χ2v) is 9.51. The van der Waals surface area contributed by atoms with E-state index in [2.05, 4.69) is 25.1 Å². The van der Waals surface area contributed by atoms with E-state index in [0.717, 1.165) is 29.9 Å². The number of likely N-dealkylation sites (tertiary alicyclic amines) is 1. The first kappa shape index (κ1) is 22.9. The number of ether oxygens (including phenoxy) is 1. The van der Waals surface area contributed by atoms with Crippen LogP contribution < -0.4 is 9.64 Å². The summed E-state index contributed by atoms with van der Waals surface area (Å²) in [5.41, 5.74) is 2.99. The molecule has 188 valence electrons. The topological polar surface area (TPSA) is 127 Å². The molecule has 6 rings (SSSR count). The molecule has 2 aliphatic rings. The van der Waals surface area contributed by atoms with Gasteiger partial charge < -0.3 is 19.6 Å². The van der Waals surface area contributed by atoms with E-state index in [0.29, 0.717) is 41.7 Å². The summed E-state index contributed by atoms with van der Waals surface area (Å²) in [5.74, 6) is 0.725. The number of carboxylic acids is 1. The number of benzene rings is 1. The Hall–Kier alpha value is -4.54. The number of carboxylic acid groups (broad SMARTS) is 1. The average molecular weight is 500 g/mol. The number of rotatable bonds is 6. The van der Waals surface area contributed by atoms with Crippen LogP contribution in [-0.2, 0) is 4.79 Å². The zero-order valence-electron chi connectivity index (χ0n) is 20.2. The van der Waals surface area contributed by atoms with Crippen molar-refractivity contribution in [2.24, 2.45) is 11.8 Å². The second kappa shape index (κ2) is 9.16. The smallest absolute Gasteiger partial charge is 0.341 e. The molecule has 3 aromatic heterocycles. The van der Waals surface area contributed by atoms with Gasteiger partial charge in [-0.25, -0.2) is 14.8 Å². The van der Waals surface area contributed by atoms with Crippen LogP contribution in [0.4, 0.5) is 5.82 Å². The number of fused-ring (bicyclic) bond motifs is 2. The van der Waals surface area contributed by atoms with Crippen LogP contribution in [0.15, 0.2) is 55.0 Å². The van der Waals surface area contributed by atoms with Gasteiger partial charge in [-0.05, 0) is 31.2 Å². The molecule has 2 fully saturated rings. The van der Waals surface area contributed by atoms with Gasteiger partial charge in [0, 0.05) is 55.7 Å². The molecule has 0 bridgehead atoms. The molecular formula is C26H25N7O4. The standard InChI is InChI=1S/C26H25N7O4/c1-16-2-4-22(33-28-8-9-29-33)20(10-16)26(36)32-13-17-11-31(12-18(17)14-32)25-19-3-5-23(37-15-24(34)35)30-21(19)6-7-27-25/h2-10,17-18H,11-15H2,1H3,(H,34,35). The van der Waals surface area contributed by atoms with E-state index in [4.69, 9.17) is 9.84 Å². The lowest BCUT2D eigenvalue weighted by Crippen LogP contribution is -2.34. The van der Waals surface area contributed by atoms with Crippen molar-refractivity contribution in [3.63, 3.8) is 0 Å². The number of aliphatic carboxylic acids is 1. The quantitative estimate of drug-likeness (QED) is 0.425. The molecule has 11 nitrogen and oxygen atoms in total. The maximum atomic E-state index is 13.6. The maximum Gasteiger partial charge on any atom is 0.341 e. The first-order chi connectivity index (χ1) is 18.0. The Bertz CT molecular complexity index is 1480. The molecule has 2 unspecified atom stereocenters. The SMILES string of the molecule is Cc1ccc(-n2nccn2)c(C(=O)N2CC3CN(c4nccc5nc(OCC(=O)O)ccc45)CC3C2)c1. The molecule has 1 amide bonds. The Kier molecular flexibility index (Phi) is 5.67. The summed E-state index contributed by atoms with van der Waals surface area (Å²) < 4.78 is 5.22. The van der Waals surface area contributed by atoms with Crippen LogP contribution in [0.5, 0.6) is 5.88 Å². The second-order valence-electron chi connectivity index (χ2n) is 9.51. The normalized spacial score (nSPS) is 18.8. The van der Waals surface area contributed by atoms with Crippen molar-refractivity contribution in [1.82, 2.24) is 29.9 Å². The van der Waals surface area contributed by atoms with E-state index in [1.807, 2.05) is 36.1 Å². The third kappa shape index (κ3) is 4.32. The molecule has 11 heteroatoms. The Morgan fingerprint density at radius 2 is 1.76 bits per heavy atom. The summed E-state index contributed by atoms with van der Waals surface area (Å²) in [6.07, 6.45) is 4.91. The highest BCUT2D eigenvalue weighted by Crippen LogP contribution is 2.36. The molecule has 0 spiro atoms. The number of aryl methyl sites for hydroxylation is 1. The number of hydrogen-bond donors (Lipinski definition) is 1. The number of carbonyl (C=O) groups excluding carboxylic acids is 1. The summed E-state index contributed by atoms with van der Waals surface area (Å²) in [4.78, 5) is 39.1. The van der Waals surface area contributed by atoms with Crippen LogP contribution in [0.2, 0.25) is 0 Å². The number of hydrogen-bond acceptors (Lipinski definition) is 8. The van der Waals surface area contributed by atoms with E-state index in [1.54, 1.807) is 30.7 Å². The largest absolute Gasteiger partial charge is 0.479 e. The van der Waals surface area contributed by atoms with Crippen molar-refractivity contribution in [3.8, 4) is 11.6 Å². The van der Waals surface area contributed by atoms with Gasteiger partial charge in [-0.1, -0.05) is 11.6 Å². The van der Waals surface area contributed by atoms with Gasteiger partial charge in [-0.2, -0.15) is 15.0 Å². The highest BCUT2D eigenvalue weighted by Gasteiger charge is 2.42. The Morgan fingerprint density at radius 3 is 2.49 bits per heavy atom. The lowest BCUT2D eigenvalue weighted by molar-refractivity contribution is -0.139. The predicted octanol–water partition coefficient (Wildman–Crippen LogP) is 2.19. The lowest BCUT2D eigenvalue weighted by Gasteiger charge is -2.24. The van der Waals surface area contributed by atoms with Gasteiger partial charge in [-0.3, -0.25) is 4.79 Å². The van der Waals surface area contributed by atoms with Crippen LogP contribution >= 0.6 is 0 Å². The lowest BCUT2D eigenvalue weighted by atomic mass is 10.0. The Morgan fingerprint density at radius 1 is 1.00 bits per heavy atom. The fourth-order valence-electron chi connectivity index (χ4n) is 5.33. The van der Waals surface area contributed by atoms with E-state index in [-0.39, 0.29) is 11.8 Å². The molecule has 0 aliphatic carbocycles. The van der Waals surface area contributed by atoms with Gasteiger partial charge in [-0.15, -0.1) is 0 Å². The molecule has 2 atom stereocenters. The van der Waals surface area contributed by atoms with Crippen molar-refractivity contribution in [3.05, 3.63) is 66.1 Å². The number of nitrogens with zero attached hydrogens (tertiary/aromatic N) is 7. The third-order valence-corrected chi connectivity index (χ3v) is 7.00. The van der Waals surface area contributed by atoms with E-state index < -0.39 is 12.6 Å². The monoisotopic (exact) mass is 499 g/mol. The molecule has 37 heavy (non-hydrogen) atoms. The number of aromatic nitrogens is 5. The molecule has 1 N–H and O–H groups in total. The minimum absolute atomic E-state index is 0.00155. The van der Waals surface area contributed by atoms with Crippen LogP contribution in [0, 0.1) is 18.8 Å². The predicted molar refractivity (Wildman–Crippen MR) is 134 cm³/mol. The molecule has 0 saturated carbocycles. The average Bonchev–Trinajstić information content (AvgIpc) is 3.64. The van der Waals surface area contributed by atoms with Gasteiger partial charge in [0.1, 0.15) is 5.82 Å². The van der Waals surface area contributed by atoms with Crippen molar-refractivity contribution >= 4 is 28.6 Å². The molecule has 4 aromatic rings. The van der Waals surface area contributed by atoms with Gasteiger partial charge >= 0.3 is 5.97 Å². The third-order valence-electron chi connectivity index (χ3n) is 7.00. The van der Waals surface area contributed by atoms with Crippen molar-refractivity contribution < 1.29 is 19.4 Å². The minimum Gasteiger partial charge on any atom is -0.479 e. The minimum atomic E-state index is -1.05. The Labute approximate surface area is 212 Å². The van der Waals surface area contributed by atoms with Crippen LogP contribution in [-0.4, -0.2) is 79.6 Å². The first-order valence-corrected chi connectivity index (χ1v) is 12.1. The summed E-state index contributed by atoms with van der Waals surface area (Å²) in [6, 6.07) is 11.1. The molecule has 5 heterocycles. The molecule has 2 saturated heterocycles. The molecular weight excluding hydrogens is 474 g/mol. The van der Waals surface area contributed by atoms with Crippen molar-refractivity contribution in [2.75, 3.05) is 37.7 Å². The van der Waals surface area contributed by atoms with Crippen LogP contribution in [0.1, 0.15) is 15.9 Å². The highest BCUT2D eigenvalue weighted by molar-refractivity contribution is 5.98. The van der Waals surface area contributed by atoms with Crippen LogP contribution in [0.3, 0.4) is 0 Å². The molecule has 1 aromatic carbocycles. The number of pyridine rings is 2. The Balaban J connectivity index is 1.18. The fourth-order valence-corrected chi connectivity index (χ4v) is 5.33. The number of carbonyl (C=O) groups is 2. The van der Waals surface area contributed by atoms with E-state index in [9.17, 15) is 9.59 Å². The summed E-state index contributed by atoms with van der Waals surface area (Å²) in [6.45, 7) is 4.47. The molecule has 2 aliphatic heterocycles. The summed E-state index contributed by atoms with van der Waals surface area (Å²) in [7, 11) is 0. The summed E-state index contributed by atoms with van der Waals surface area (Å²) in [5, 5.41) is 18.2. The number of anilines is 1. The fraction of sp³-hybridized carbons (Fsp3) is 0.308. The van der Waals surface area contributed by atoms with Gasteiger partial charge in [0.15, 0.2) is 6.61 Å². The first-order valence-electron chi connectivity index (χ1n) is 12.1. The van der Waals surface area contributed by atoms with Crippen molar-refractivity contribution in [1.29, 1.82) is 0 Å². The molecule has 0 radical (unpaired) electrons. The van der Waals surface area contributed by atoms with Gasteiger partial charge in [0.05, 0.1) is 29.2 Å². The van der Waals surface area contributed by atoms with E-state index >= 15 is 0 Å². The number of amides is 1. The van der Waals surface area contributed by atoms with Crippen molar-refractivity contribution in [2.45, 2.75) is 6.92 Å². The maximum absolute atomic E-state index is 13.6. The summed E-state index contributed by atoms with van der Waals surface area (Å²) >= 11 is 0. The van der Waals surface area contributed by atoms with E-state index in [1.165, 1.54) is 4.80 Å². The van der Waals surface area contributed by atoms with Gasteiger partial charge in [0.2, 0.25) is 5.88 Å². The highest BCUT2D eigenvalue weighted by atomic mass is 16.5. The zero-order chi connectivity index (χ0) is 25.5. The van der Waals surface area contributed by atoms with Gasteiger partial charge in [0.25, 0.3) is 5.91 Å². The zero-order valence-corrected chi connectivity index (χ0v) is 20.2. The van der Waals surface area contributed by atoms with Crippen LogP contribution in [0.25, 0.3) is 16.6 Å².